The minimum atomic E-state index is -1.05. The molecule has 176 valence electrons. The Morgan fingerprint density at radius 2 is 1.83 bits per heavy atom. The van der Waals surface area contributed by atoms with E-state index in [0.717, 1.165) is 6.07 Å². The number of hydrogen-bond donors (Lipinski definition) is 1. The maximum atomic E-state index is 13.5. The number of barbiturate groups is 1. The highest BCUT2D eigenvalue weighted by Gasteiger charge is 2.37. The van der Waals surface area contributed by atoms with Crippen LogP contribution in [0.2, 0.25) is 5.02 Å². The number of halogens is 2. The zero-order valence-corrected chi connectivity index (χ0v) is 18.5. The van der Waals surface area contributed by atoms with Crippen molar-refractivity contribution >= 4 is 46.9 Å². The number of imide groups is 2. The van der Waals surface area contributed by atoms with Crippen LogP contribution in [0, 0.1) is 15.9 Å². The molecule has 0 spiro atoms. The monoisotopic (exact) mass is 495 g/mol. The fraction of sp³-hybridized carbons (Fsp3) is 0.0417. The maximum absolute atomic E-state index is 13.5. The summed E-state index contributed by atoms with van der Waals surface area (Å²) in [5.41, 5.74) is -0.0515. The van der Waals surface area contributed by atoms with Crippen molar-refractivity contribution in [2.75, 3.05) is 4.90 Å². The number of nitrogens with one attached hydrogen (secondary N) is 1. The van der Waals surface area contributed by atoms with Crippen molar-refractivity contribution in [2.24, 2.45) is 0 Å². The van der Waals surface area contributed by atoms with Gasteiger partial charge >= 0.3 is 6.03 Å². The summed E-state index contributed by atoms with van der Waals surface area (Å²) in [5.74, 6) is -2.14. The van der Waals surface area contributed by atoms with Crippen LogP contribution in [-0.2, 0) is 16.2 Å². The third-order valence-electron chi connectivity index (χ3n) is 4.96. The molecule has 0 saturated carbocycles. The van der Waals surface area contributed by atoms with Crippen molar-refractivity contribution in [3.8, 4) is 5.75 Å². The number of non-ortho nitro benzene ring substituents is 1. The number of nitro benzene ring substituents is 1. The van der Waals surface area contributed by atoms with Gasteiger partial charge in [0.1, 0.15) is 23.7 Å². The van der Waals surface area contributed by atoms with E-state index in [-0.39, 0.29) is 34.3 Å². The molecule has 1 aliphatic heterocycles. The predicted octanol–water partition coefficient (Wildman–Crippen LogP) is 4.63. The molecule has 0 radical (unpaired) electrons. The van der Waals surface area contributed by atoms with Crippen LogP contribution in [0.3, 0.4) is 0 Å². The molecule has 0 aromatic heterocycles. The second kappa shape index (κ2) is 9.74. The lowest BCUT2D eigenvalue weighted by Gasteiger charge is -2.26. The number of rotatable bonds is 6. The molecule has 0 unspecified atom stereocenters. The van der Waals surface area contributed by atoms with Crippen molar-refractivity contribution in [1.29, 1.82) is 0 Å². The van der Waals surface area contributed by atoms with E-state index in [9.17, 15) is 28.9 Å². The fourth-order valence-electron chi connectivity index (χ4n) is 3.34. The molecule has 3 aromatic carbocycles. The lowest BCUT2D eigenvalue weighted by Crippen LogP contribution is -2.54. The van der Waals surface area contributed by atoms with Gasteiger partial charge in [0, 0.05) is 22.7 Å². The molecule has 0 bridgehead atoms. The van der Waals surface area contributed by atoms with Crippen LogP contribution in [0.1, 0.15) is 11.1 Å². The molecule has 0 aliphatic carbocycles. The highest BCUT2D eigenvalue weighted by molar-refractivity contribution is 6.39. The third-order valence-corrected chi connectivity index (χ3v) is 5.19. The van der Waals surface area contributed by atoms with E-state index in [1.54, 1.807) is 6.07 Å². The Bertz CT molecular complexity index is 1410. The van der Waals surface area contributed by atoms with Gasteiger partial charge in [-0.25, -0.2) is 14.1 Å². The SMILES string of the molecule is O=C1NC(=O)N(c2cccc([N+](=O)[O-])c2)C(=O)/C1=C/c1cc(Cl)ccc1OCc1cccc(F)c1. The molecule has 3 aromatic rings. The van der Waals surface area contributed by atoms with Crippen LogP contribution in [0.5, 0.6) is 5.75 Å². The number of hydrogen-bond acceptors (Lipinski definition) is 6. The molecule has 1 aliphatic rings. The first-order valence-electron chi connectivity index (χ1n) is 10.1. The van der Waals surface area contributed by atoms with Gasteiger partial charge in [-0.2, -0.15) is 0 Å². The normalized spacial score (nSPS) is 14.7. The number of amides is 4. The van der Waals surface area contributed by atoms with Gasteiger partial charge in [0.25, 0.3) is 17.5 Å². The smallest absolute Gasteiger partial charge is 0.335 e. The predicted molar refractivity (Wildman–Crippen MR) is 124 cm³/mol. The average Bonchev–Trinajstić information content (AvgIpc) is 2.81. The number of benzene rings is 3. The minimum Gasteiger partial charge on any atom is -0.488 e. The zero-order chi connectivity index (χ0) is 25.1. The largest absolute Gasteiger partial charge is 0.488 e. The third kappa shape index (κ3) is 5.17. The number of carbonyl (C=O) groups excluding carboxylic acids is 3. The molecule has 35 heavy (non-hydrogen) atoms. The highest BCUT2D eigenvalue weighted by Crippen LogP contribution is 2.29. The second-order valence-electron chi connectivity index (χ2n) is 7.34. The quantitative estimate of drug-likeness (QED) is 0.230. The lowest BCUT2D eigenvalue weighted by molar-refractivity contribution is -0.384. The standard InChI is InChI=1S/C24H15ClFN3O6/c25-16-7-8-21(35-13-14-3-1-4-17(26)9-14)15(10-16)11-20-22(30)27-24(32)28(23(20)31)18-5-2-6-19(12-18)29(33)34/h1-12H,13H2,(H,27,30,32)/b20-11+. The minimum absolute atomic E-state index is 0.00595. The first kappa shape index (κ1) is 23.6. The summed E-state index contributed by atoms with van der Waals surface area (Å²) in [6.07, 6.45) is 1.20. The number of ether oxygens (including phenoxy) is 1. The lowest BCUT2D eigenvalue weighted by atomic mass is 10.1. The summed E-state index contributed by atoms with van der Waals surface area (Å²) in [6.45, 7) is -0.00595. The number of urea groups is 1. The molecular weight excluding hydrogens is 481 g/mol. The van der Waals surface area contributed by atoms with Gasteiger partial charge in [-0.1, -0.05) is 29.8 Å². The number of nitro groups is 1. The summed E-state index contributed by atoms with van der Waals surface area (Å²) in [4.78, 5) is 49.1. The van der Waals surface area contributed by atoms with E-state index in [1.807, 2.05) is 5.32 Å². The van der Waals surface area contributed by atoms with Crippen LogP contribution >= 0.6 is 11.6 Å². The van der Waals surface area contributed by atoms with Crippen LogP contribution in [0.4, 0.5) is 20.6 Å². The summed E-state index contributed by atoms with van der Waals surface area (Å²) in [6, 6.07) is 14.1. The molecule has 4 amide bonds. The van der Waals surface area contributed by atoms with Gasteiger partial charge in [0.2, 0.25) is 0 Å². The Labute approximate surface area is 202 Å². The molecule has 11 heteroatoms. The van der Waals surface area contributed by atoms with E-state index in [2.05, 4.69) is 0 Å². The molecule has 1 heterocycles. The van der Waals surface area contributed by atoms with Crippen molar-refractivity contribution in [1.82, 2.24) is 5.32 Å². The van der Waals surface area contributed by atoms with E-state index in [4.69, 9.17) is 16.3 Å². The summed E-state index contributed by atoms with van der Waals surface area (Å²) in [5, 5.41) is 13.4. The Hall–Kier alpha value is -4.57. The van der Waals surface area contributed by atoms with Crippen molar-refractivity contribution in [2.45, 2.75) is 6.61 Å². The first-order chi connectivity index (χ1) is 16.7. The molecule has 0 atom stereocenters. The topological polar surface area (TPSA) is 119 Å². The molecule has 1 saturated heterocycles. The van der Waals surface area contributed by atoms with Crippen molar-refractivity contribution in [3.05, 3.63) is 104 Å². The number of nitrogens with zero attached hydrogens (tertiary/aromatic N) is 2. The molecule has 4 rings (SSSR count). The first-order valence-corrected chi connectivity index (χ1v) is 10.4. The Morgan fingerprint density at radius 3 is 2.57 bits per heavy atom. The van der Waals surface area contributed by atoms with Gasteiger partial charge in [0.05, 0.1) is 10.6 Å². The van der Waals surface area contributed by atoms with E-state index >= 15 is 0 Å². The second-order valence-corrected chi connectivity index (χ2v) is 7.77. The van der Waals surface area contributed by atoms with Crippen LogP contribution in [-0.4, -0.2) is 22.8 Å². The maximum Gasteiger partial charge on any atom is 0.335 e. The Morgan fingerprint density at radius 1 is 1.06 bits per heavy atom. The summed E-state index contributed by atoms with van der Waals surface area (Å²) >= 11 is 6.09. The van der Waals surface area contributed by atoms with E-state index < -0.39 is 34.2 Å². The van der Waals surface area contributed by atoms with Gasteiger partial charge in [-0.15, -0.1) is 0 Å². The Kier molecular flexibility index (Phi) is 6.56. The molecule has 1 N–H and O–H groups in total. The van der Waals surface area contributed by atoms with Crippen molar-refractivity contribution in [3.63, 3.8) is 0 Å². The van der Waals surface area contributed by atoms with Crippen LogP contribution < -0.4 is 15.0 Å². The number of carbonyl (C=O) groups is 3. The molecule has 9 nitrogen and oxygen atoms in total. The van der Waals surface area contributed by atoms with Gasteiger partial charge in [-0.3, -0.25) is 25.0 Å². The molecular formula is C24H15ClFN3O6. The summed E-state index contributed by atoms with van der Waals surface area (Å²) < 4.78 is 19.2. The highest BCUT2D eigenvalue weighted by atomic mass is 35.5. The van der Waals surface area contributed by atoms with Crippen molar-refractivity contribution < 1.29 is 28.4 Å². The van der Waals surface area contributed by atoms with Gasteiger partial charge in [0.15, 0.2) is 0 Å². The molecule has 1 fully saturated rings. The van der Waals surface area contributed by atoms with E-state index in [0.29, 0.717) is 10.5 Å². The Balaban J connectivity index is 1.68. The number of anilines is 1. The van der Waals surface area contributed by atoms with Gasteiger partial charge in [-0.05, 0) is 48.0 Å². The fourth-order valence-corrected chi connectivity index (χ4v) is 3.53. The van der Waals surface area contributed by atoms with Crippen LogP contribution in [0.15, 0.2) is 72.3 Å². The van der Waals surface area contributed by atoms with Crippen LogP contribution in [0.25, 0.3) is 6.08 Å². The van der Waals surface area contributed by atoms with E-state index in [1.165, 1.54) is 60.7 Å². The zero-order valence-electron chi connectivity index (χ0n) is 17.7. The average molecular weight is 496 g/mol. The summed E-state index contributed by atoms with van der Waals surface area (Å²) in [7, 11) is 0. The van der Waals surface area contributed by atoms with Gasteiger partial charge < -0.3 is 4.74 Å².